The van der Waals surface area contributed by atoms with Gasteiger partial charge in [-0.25, -0.2) is 0 Å². The summed E-state index contributed by atoms with van der Waals surface area (Å²) >= 11 is 0. The number of carbonyl (C=O) groups excluding carboxylic acids is 4. The van der Waals surface area contributed by atoms with Crippen LogP contribution in [0.2, 0.25) is 0 Å². The second kappa shape index (κ2) is 36.1. The van der Waals surface area contributed by atoms with Gasteiger partial charge in [0.05, 0.1) is 23.9 Å². The first-order valence-corrected chi connectivity index (χ1v) is 13.4. The van der Waals surface area contributed by atoms with Crippen molar-refractivity contribution in [3.05, 3.63) is 0 Å². The van der Waals surface area contributed by atoms with Gasteiger partial charge in [-0.3, -0.25) is 0 Å². The van der Waals surface area contributed by atoms with E-state index < -0.39 is 48.0 Å². The van der Waals surface area contributed by atoms with Crippen LogP contribution in [0, 0.1) is 0 Å². The van der Waals surface area contributed by atoms with E-state index in [4.69, 9.17) is 45.9 Å². The van der Waals surface area contributed by atoms with Crippen LogP contribution in [0.15, 0.2) is 0 Å². The van der Waals surface area contributed by atoms with Crippen molar-refractivity contribution in [2.75, 3.05) is 26.2 Å². The van der Waals surface area contributed by atoms with Gasteiger partial charge in [-0.15, -0.1) is 0 Å². The van der Waals surface area contributed by atoms with Crippen molar-refractivity contribution in [1.82, 2.24) is 0 Å². The number of carboxylic acid groups (broad SMARTS) is 4. The van der Waals surface area contributed by atoms with E-state index in [0.717, 1.165) is 51.4 Å². The van der Waals surface area contributed by atoms with Crippen LogP contribution in [0.4, 0.5) is 0 Å². The first kappa shape index (κ1) is 48.8. The van der Waals surface area contributed by atoms with E-state index in [-0.39, 0.29) is 17.6 Å². The summed E-state index contributed by atoms with van der Waals surface area (Å²) in [5.41, 5.74) is 41.4. The number of carbonyl (C=O) groups is 4. The van der Waals surface area contributed by atoms with Crippen LogP contribution in [0.5, 0.6) is 0 Å². The molecule has 0 aliphatic rings. The predicted molar refractivity (Wildman–Crippen MR) is 149 cm³/mol. The van der Waals surface area contributed by atoms with Crippen molar-refractivity contribution in [2.24, 2.45) is 45.9 Å². The van der Waals surface area contributed by atoms with Crippen molar-refractivity contribution < 1.29 is 39.6 Å². The Morgan fingerprint density at radius 1 is 0.390 bits per heavy atom. The van der Waals surface area contributed by atoms with E-state index in [1.807, 2.05) is 0 Å². The van der Waals surface area contributed by atoms with Gasteiger partial charge in [0.15, 0.2) is 0 Å². The number of unbranched alkanes of at least 4 members (excludes halogenated alkanes) is 4. The Bertz CT molecular complexity index is 534. The number of hydrogen-bond donors (Lipinski definition) is 8. The molecule has 0 rings (SSSR count). The third kappa shape index (κ3) is 42.7. The molecule has 0 heterocycles. The summed E-state index contributed by atoms with van der Waals surface area (Å²) in [6, 6.07) is -3.31. The first-order chi connectivity index (χ1) is 18.7. The number of rotatable bonds is 20. The molecule has 0 aromatic heterocycles. The van der Waals surface area contributed by atoms with Crippen molar-refractivity contribution >= 4 is 41.5 Å². The average molecular weight is 653 g/mol. The normalized spacial score (nSPS) is 12.7. The summed E-state index contributed by atoms with van der Waals surface area (Å²) in [6.45, 7) is 2.33. The maximum Gasteiger partial charge on any atom is 4.00 e. The van der Waals surface area contributed by atoms with Gasteiger partial charge < -0.3 is 85.5 Å². The molecule has 16 N–H and O–H groups in total. The second-order valence-electron chi connectivity index (χ2n) is 8.84. The molecule has 41 heavy (non-hydrogen) atoms. The molecule has 0 fully saturated rings. The molecule has 0 aliphatic carbocycles. The summed E-state index contributed by atoms with van der Waals surface area (Å²) in [7, 11) is 0. The third-order valence-corrected chi connectivity index (χ3v) is 5.09. The minimum atomic E-state index is -1.18. The van der Waals surface area contributed by atoms with Crippen molar-refractivity contribution in [1.29, 1.82) is 0 Å². The smallest absolute Gasteiger partial charge is 0.548 e. The summed E-state index contributed by atoms with van der Waals surface area (Å²) in [4.78, 5) is 40.1. The molecule has 0 saturated heterocycles. The molecule has 0 saturated carbocycles. The maximum absolute atomic E-state index is 10.0. The molecule has 0 radical (unpaired) electrons. The van der Waals surface area contributed by atoms with E-state index in [0.29, 0.717) is 51.9 Å². The number of nitrogens with two attached hydrogens (primary N) is 8. The van der Waals surface area contributed by atoms with Crippen LogP contribution in [0.1, 0.15) is 77.0 Å². The second-order valence-corrected chi connectivity index (χ2v) is 8.84. The molecule has 0 unspecified atom stereocenters. The Labute approximate surface area is 254 Å². The number of carboxylic acids is 4. The van der Waals surface area contributed by atoms with Gasteiger partial charge in [-0.1, -0.05) is 25.7 Å². The fourth-order valence-electron chi connectivity index (χ4n) is 2.51. The van der Waals surface area contributed by atoms with E-state index >= 15 is 0 Å². The molecule has 0 bridgehead atoms. The summed E-state index contributed by atoms with van der Waals surface area (Å²) < 4.78 is 0. The van der Waals surface area contributed by atoms with E-state index in [1.54, 1.807) is 0 Å². The predicted octanol–water partition coefficient (Wildman–Crippen LogP) is -7.61. The zero-order chi connectivity index (χ0) is 31.9. The van der Waals surface area contributed by atoms with Crippen LogP contribution < -0.4 is 66.3 Å². The molecular weight excluding hydrogens is 601 g/mol. The average Bonchev–Trinajstić information content (AvgIpc) is 2.89. The topological polar surface area (TPSA) is 369 Å². The van der Waals surface area contributed by atoms with E-state index in [2.05, 4.69) is 0 Å². The molecule has 240 valence electrons. The van der Waals surface area contributed by atoms with Gasteiger partial charge in [0.25, 0.3) is 0 Å². The SMILES string of the molecule is NCCCC[C@H](N)C(=O)[O-].NCCCC[C@H](N)C(=O)[O-].NCCCC[C@H](N)C(=O)[O-].NCCCC[C@H](N)C(=O)[O-].[Ge+4]. The van der Waals surface area contributed by atoms with Gasteiger partial charge in [-0.05, 0) is 77.5 Å². The summed E-state index contributed by atoms with van der Waals surface area (Å²) in [5.74, 6) is -4.73. The first-order valence-electron chi connectivity index (χ1n) is 13.4. The van der Waals surface area contributed by atoms with Crippen LogP contribution in [0.25, 0.3) is 0 Å². The van der Waals surface area contributed by atoms with Crippen LogP contribution in [-0.2, 0) is 19.2 Å². The Morgan fingerprint density at radius 2 is 0.537 bits per heavy atom. The maximum atomic E-state index is 10.0. The molecule has 16 nitrogen and oxygen atoms in total. The van der Waals surface area contributed by atoms with Gasteiger partial charge >= 0.3 is 17.6 Å². The van der Waals surface area contributed by atoms with Crippen molar-refractivity contribution in [3.63, 3.8) is 0 Å². The minimum Gasteiger partial charge on any atom is -0.548 e. The zero-order valence-corrected chi connectivity index (χ0v) is 26.1. The van der Waals surface area contributed by atoms with Crippen LogP contribution in [-0.4, -0.2) is 91.8 Å². The molecule has 17 heteroatoms. The third-order valence-electron chi connectivity index (χ3n) is 5.09. The molecule has 0 aromatic carbocycles. The zero-order valence-electron chi connectivity index (χ0n) is 24.0. The van der Waals surface area contributed by atoms with Gasteiger partial charge in [0.1, 0.15) is 0 Å². The van der Waals surface area contributed by atoms with Crippen molar-refractivity contribution in [3.8, 4) is 0 Å². The molecule has 0 spiro atoms. The van der Waals surface area contributed by atoms with Gasteiger partial charge in [-0.2, -0.15) is 0 Å². The fourth-order valence-corrected chi connectivity index (χ4v) is 2.51. The molecule has 4 atom stereocenters. The largest absolute Gasteiger partial charge is 4.00 e. The quantitative estimate of drug-likeness (QED) is 0.0447. The molecule has 0 aromatic rings. The van der Waals surface area contributed by atoms with E-state index in [9.17, 15) is 39.6 Å². The molecular formula is C24H52GeN8O8. The van der Waals surface area contributed by atoms with Gasteiger partial charge in [0, 0.05) is 24.2 Å². The number of hydrogen-bond acceptors (Lipinski definition) is 16. The fraction of sp³-hybridized carbons (Fsp3) is 0.833. The molecule has 0 aliphatic heterocycles. The minimum absolute atomic E-state index is 0. The Balaban J connectivity index is -0.000000139. The van der Waals surface area contributed by atoms with Gasteiger partial charge in [0.2, 0.25) is 0 Å². The van der Waals surface area contributed by atoms with Crippen molar-refractivity contribution in [2.45, 2.75) is 101 Å². The Morgan fingerprint density at radius 3 is 0.634 bits per heavy atom. The van der Waals surface area contributed by atoms with E-state index in [1.165, 1.54) is 0 Å². The Kier molecular flexibility index (Phi) is 43.0. The van der Waals surface area contributed by atoms with Crippen LogP contribution >= 0.6 is 0 Å². The number of aliphatic carboxylic acids is 4. The Hall–Kier alpha value is -1.90. The summed E-state index contributed by atoms with van der Waals surface area (Å²) in [6.07, 6.45) is 8.14. The standard InChI is InChI=1S/4C6H14N2O2.Ge/c4*7-4-2-1-3-5(8)6(9)10;/h4*5H,1-4,7-8H2,(H,9,10);/q;;;;+4/p-4/t4*5-;/m0000./s1. The van der Waals surface area contributed by atoms with Crippen LogP contribution in [0.3, 0.4) is 0 Å². The molecule has 0 amide bonds. The monoisotopic (exact) mass is 654 g/mol. The summed E-state index contributed by atoms with van der Waals surface area (Å²) in [5, 5.41) is 40.1.